The number of aliphatic hydroxyl groups is 1. The highest BCUT2D eigenvalue weighted by Crippen LogP contribution is 2.19. The SMILES string of the molecule is C=CC(O)OC(=O)C1=CCC1. The molecule has 0 saturated carbocycles. The van der Waals surface area contributed by atoms with Crippen molar-refractivity contribution in [1.29, 1.82) is 0 Å². The molecule has 0 radical (unpaired) electrons. The fourth-order valence-electron chi connectivity index (χ4n) is 0.708. The molecule has 1 N–H and O–H groups in total. The largest absolute Gasteiger partial charge is 0.429 e. The van der Waals surface area contributed by atoms with Crippen molar-refractivity contribution in [2.45, 2.75) is 19.1 Å². The molecule has 0 bridgehead atoms. The molecule has 0 aromatic rings. The summed E-state index contributed by atoms with van der Waals surface area (Å²) in [6.07, 6.45) is 3.45. The highest BCUT2D eigenvalue weighted by molar-refractivity contribution is 5.89. The van der Waals surface area contributed by atoms with Gasteiger partial charge >= 0.3 is 5.97 Å². The number of allylic oxidation sites excluding steroid dienone is 1. The monoisotopic (exact) mass is 154 g/mol. The van der Waals surface area contributed by atoms with Crippen molar-refractivity contribution < 1.29 is 14.6 Å². The Morgan fingerprint density at radius 2 is 2.55 bits per heavy atom. The van der Waals surface area contributed by atoms with Crippen molar-refractivity contribution in [3.8, 4) is 0 Å². The molecule has 3 nitrogen and oxygen atoms in total. The highest BCUT2D eigenvalue weighted by Gasteiger charge is 2.17. The lowest BCUT2D eigenvalue weighted by Gasteiger charge is -2.14. The smallest absolute Gasteiger partial charge is 0.336 e. The lowest BCUT2D eigenvalue weighted by molar-refractivity contribution is -0.156. The second kappa shape index (κ2) is 3.34. The molecule has 11 heavy (non-hydrogen) atoms. The van der Waals surface area contributed by atoms with E-state index in [2.05, 4.69) is 11.3 Å². The zero-order valence-corrected chi connectivity index (χ0v) is 6.12. The van der Waals surface area contributed by atoms with Crippen LogP contribution in [-0.4, -0.2) is 17.4 Å². The van der Waals surface area contributed by atoms with Crippen molar-refractivity contribution >= 4 is 5.97 Å². The first-order valence-corrected chi connectivity index (χ1v) is 3.44. The molecule has 0 aromatic carbocycles. The lowest BCUT2D eigenvalue weighted by Crippen LogP contribution is -2.18. The summed E-state index contributed by atoms with van der Waals surface area (Å²) in [7, 11) is 0. The molecular formula is C8H10O3. The Hall–Kier alpha value is -1.09. The molecule has 1 aliphatic carbocycles. The number of aliphatic hydroxyl groups excluding tert-OH is 1. The predicted octanol–water partition coefficient (Wildman–Crippen LogP) is 0.754. The minimum absolute atomic E-state index is 0.441. The number of hydrogen-bond acceptors (Lipinski definition) is 3. The van der Waals surface area contributed by atoms with E-state index in [9.17, 15) is 4.79 Å². The third-order valence-corrected chi connectivity index (χ3v) is 1.50. The molecule has 0 heterocycles. The van der Waals surface area contributed by atoms with Gasteiger partial charge in [0.15, 0.2) is 0 Å². The standard InChI is InChI=1S/C8H10O3/c1-2-7(9)11-8(10)6-4-3-5-6/h2,4,7,9H,1,3,5H2. The number of rotatable bonds is 3. The maximum Gasteiger partial charge on any atom is 0.336 e. The van der Waals surface area contributed by atoms with Crippen molar-refractivity contribution in [2.24, 2.45) is 0 Å². The third-order valence-electron chi connectivity index (χ3n) is 1.50. The molecule has 0 aromatic heterocycles. The average molecular weight is 154 g/mol. The number of esters is 1. The molecule has 0 aliphatic heterocycles. The fourth-order valence-corrected chi connectivity index (χ4v) is 0.708. The van der Waals surface area contributed by atoms with Gasteiger partial charge in [0.1, 0.15) is 0 Å². The van der Waals surface area contributed by atoms with Gasteiger partial charge in [0.05, 0.1) is 0 Å². The first kappa shape index (κ1) is 8.01. The zero-order chi connectivity index (χ0) is 8.27. The molecule has 1 atom stereocenters. The molecule has 0 fully saturated rings. The van der Waals surface area contributed by atoms with E-state index in [1.54, 1.807) is 6.08 Å². The number of ether oxygens (including phenoxy) is 1. The summed E-state index contributed by atoms with van der Waals surface area (Å²) in [5, 5.41) is 8.81. The van der Waals surface area contributed by atoms with Crippen LogP contribution < -0.4 is 0 Å². The second-order valence-corrected chi connectivity index (χ2v) is 2.30. The Morgan fingerprint density at radius 3 is 2.91 bits per heavy atom. The minimum atomic E-state index is -1.18. The van der Waals surface area contributed by atoms with Gasteiger partial charge in [0, 0.05) is 5.57 Å². The van der Waals surface area contributed by atoms with Crippen LogP contribution in [0.3, 0.4) is 0 Å². The number of carbonyl (C=O) groups excluding carboxylic acids is 1. The van der Waals surface area contributed by atoms with Gasteiger partial charge in [-0.3, -0.25) is 0 Å². The molecule has 60 valence electrons. The van der Waals surface area contributed by atoms with Crippen molar-refractivity contribution in [3.05, 3.63) is 24.3 Å². The summed E-state index contributed by atoms with van der Waals surface area (Å²) in [5.74, 6) is -0.441. The lowest BCUT2D eigenvalue weighted by atomic mass is 10.00. The van der Waals surface area contributed by atoms with Gasteiger partial charge in [-0.15, -0.1) is 0 Å². The summed E-state index contributed by atoms with van der Waals surface area (Å²) in [4.78, 5) is 10.9. The van der Waals surface area contributed by atoms with Crippen LogP contribution in [0.4, 0.5) is 0 Å². The molecule has 0 saturated heterocycles. The zero-order valence-electron chi connectivity index (χ0n) is 6.12. The predicted molar refractivity (Wildman–Crippen MR) is 39.6 cm³/mol. The van der Waals surface area contributed by atoms with Crippen LogP contribution >= 0.6 is 0 Å². The van der Waals surface area contributed by atoms with E-state index in [4.69, 9.17) is 5.11 Å². The Kier molecular flexibility index (Phi) is 2.44. The quantitative estimate of drug-likeness (QED) is 0.371. The van der Waals surface area contributed by atoms with Crippen LogP contribution in [-0.2, 0) is 9.53 Å². The van der Waals surface area contributed by atoms with Crippen molar-refractivity contribution in [1.82, 2.24) is 0 Å². The second-order valence-electron chi connectivity index (χ2n) is 2.30. The minimum Gasteiger partial charge on any atom is -0.429 e. The van der Waals surface area contributed by atoms with Crippen LogP contribution in [0, 0.1) is 0 Å². The Labute approximate surface area is 65.0 Å². The third kappa shape index (κ3) is 1.91. The van der Waals surface area contributed by atoms with Gasteiger partial charge in [0.25, 0.3) is 0 Å². The van der Waals surface area contributed by atoms with Crippen LogP contribution in [0.5, 0.6) is 0 Å². The Balaban J connectivity index is 2.37. The first-order valence-electron chi connectivity index (χ1n) is 3.44. The first-order chi connectivity index (χ1) is 5.24. The van der Waals surface area contributed by atoms with Crippen LogP contribution in [0.1, 0.15) is 12.8 Å². The molecule has 0 amide bonds. The van der Waals surface area contributed by atoms with E-state index in [0.717, 1.165) is 18.9 Å². The Bertz CT molecular complexity index is 205. The molecule has 3 heteroatoms. The maximum absolute atomic E-state index is 10.9. The van der Waals surface area contributed by atoms with Crippen molar-refractivity contribution in [3.63, 3.8) is 0 Å². The fraction of sp³-hybridized carbons (Fsp3) is 0.375. The normalized spacial score (nSPS) is 17.7. The van der Waals surface area contributed by atoms with E-state index in [0.29, 0.717) is 5.57 Å². The van der Waals surface area contributed by atoms with E-state index >= 15 is 0 Å². The van der Waals surface area contributed by atoms with Gasteiger partial charge in [-0.2, -0.15) is 0 Å². The van der Waals surface area contributed by atoms with Crippen LogP contribution in [0.15, 0.2) is 24.3 Å². The average Bonchev–Trinajstić information content (AvgIpc) is 1.83. The summed E-state index contributed by atoms with van der Waals surface area (Å²) in [5.41, 5.74) is 0.644. The summed E-state index contributed by atoms with van der Waals surface area (Å²) < 4.78 is 4.53. The highest BCUT2D eigenvalue weighted by atomic mass is 16.6. The molecule has 0 spiro atoms. The van der Waals surface area contributed by atoms with Gasteiger partial charge in [-0.05, 0) is 18.9 Å². The van der Waals surface area contributed by atoms with E-state index in [1.165, 1.54) is 0 Å². The van der Waals surface area contributed by atoms with Crippen LogP contribution in [0.25, 0.3) is 0 Å². The molecule has 1 aliphatic rings. The summed E-state index contributed by atoms with van der Waals surface area (Å²) in [6.45, 7) is 3.27. The van der Waals surface area contributed by atoms with Crippen molar-refractivity contribution in [2.75, 3.05) is 0 Å². The van der Waals surface area contributed by atoms with Gasteiger partial charge in [-0.1, -0.05) is 12.7 Å². The van der Waals surface area contributed by atoms with Gasteiger partial charge in [-0.25, -0.2) is 4.79 Å². The Morgan fingerprint density at radius 1 is 1.91 bits per heavy atom. The molecular weight excluding hydrogens is 144 g/mol. The molecule has 1 unspecified atom stereocenters. The summed E-state index contributed by atoms with van der Waals surface area (Å²) >= 11 is 0. The van der Waals surface area contributed by atoms with Gasteiger partial charge < -0.3 is 9.84 Å². The molecule has 1 rings (SSSR count). The van der Waals surface area contributed by atoms with E-state index in [1.807, 2.05) is 0 Å². The number of carbonyl (C=O) groups is 1. The maximum atomic E-state index is 10.9. The van der Waals surface area contributed by atoms with E-state index in [-0.39, 0.29) is 0 Å². The van der Waals surface area contributed by atoms with E-state index < -0.39 is 12.3 Å². The number of hydrogen-bond donors (Lipinski definition) is 1. The van der Waals surface area contributed by atoms with Crippen LogP contribution in [0.2, 0.25) is 0 Å². The van der Waals surface area contributed by atoms with Gasteiger partial charge in [0.2, 0.25) is 6.29 Å². The topological polar surface area (TPSA) is 46.5 Å². The summed E-state index contributed by atoms with van der Waals surface area (Å²) in [6, 6.07) is 0.